The third-order valence-corrected chi connectivity index (χ3v) is 2.24. The number of rotatable bonds is 6. The first-order valence-corrected chi connectivity index (χ1v) is 5.81. The molecule has 1 aromatic rings. The maximum atomic E-state index is 5.87. The highest BCUT2D eigenvalue weighted by molar-refractivity contribution is 6.29. The van der Waals surface area contributed by atoms with Gasteiger partial charge in [-0.3, -0.25) is 0 Å². The van der Waals surface area contributed by atoms with Crippen LogP contribution in [0.3, 0.4) is 0 Å². The summed E-state index contributed by atoms with van der Waals surface area (Å²) in [6.07, 6.45) is 1.04. The van der Waals surface area contributed by atoms with Crippen molar-refractivity contribution in [1.29, 1.82) is 0 Å². The van der Waals surface area contributed by atoms with Gasteiger partial charge in [0.2, 0.25) is 5.88 Å². The van der Waals surface area contributed by atoms with E-state index in [4.69, 9.17) is 21.1 Å². The number of hydrogen-bond acceptors (Lipinski definition) is 4. The van der Waals surface area contributed by atoms with Gasteiger partial charge in [0, 0.05) is 12.7 Å². The lowest BCUT2D eigenvalue weighted by Gasteiger charge is -2.12. The quantitative estimate of drug-likeness (QED) is 0.722. The van der Waals surface area contributed by atoms with Gasteiger partial charge in [-0.15, -0.1) is 0 Å². The number of hydrogen-bond donors (Lipinski definition) is 0. The van der Waals surface area contributed by atoms with Gasteiger partial charge < -0.3 is 9.47 Å². The first-order valence-electron chi connectivity index (χ1n) is 5.43. The van der Waals surface area contributed by atoms with E-state index in [2.05, 4.69) is 16.9 Å². The van der Waals surface area contributed by atoms with E-state index < -0.39 is 0 Å². The summed E-state index contributed by atoms with van der Waals surface area (Å²) >= 11 is 5.87. The van der Waals surface area contributed by atoms with E-state index in [1.165, 1.54) is 0 Å². The number of nitrogens with zero attached hydrogens (tertiary/aromatic N) is 2. The van der Waals surface area contributed by atoms with Gasteiger partial charge in [-0.05, 0) is 20.3 Å². The second-order valence-corrected chi connectivity index (χ2v) is 3.81. The van der Waals surface area contributed by atoms with Crippen LogP contribution in [0.1, 0.15) is 33.0 Å². The van der Waals surface area contributed by atoms with Crippen LogP contribution in [0.25, 0.3) is 0 Å². The third kappa shape index (κ3) is 4.33. The summed E-state index contributed by atoms with van der Waals surface area (Å²) in [6, 6.07) is 1.61. The number of ether oxygens (including phenoxy) is 2. The van der Waals surface area contributed by atoms with Gasteiger partial charge >= 0.3 is 0 Å². The Balaban J connectivity index is 2.73. The van der Waals surface area contributed by atoms with Gasteiger partial charge in [-0.25, -0.2) is 4.98 Å². The molecule has 0 radical (unpaired) electrons. The zero-order valence-corrected chi connectivity index (χ0v) is 10.6. The Morgan fingerprint density at radius 2 is 2.12 bits per heavy atom. The van der Waals surface area contributed by atoms with Crippen LogP contribution in [0.2, 0.25) is 5.15 Å². The molecule has 0 spiro atoms. The van der Waals surface area contributed by atoms with E-state index in [0.29, 0.717) is 30.1 Å². The monoisotopic (exact) mass is 244 g/mol. The third-order valence-electron chi connectivity index (χ3n) is 2.05. The highest BCUT2D eigenvalue weighted by Gasteiger charge is 2.07. The molecular weight excluding hydrogens is 228 g/mol. The molecule has 1 atom stereocenters. The van der Waals surface area contributed by atoms with Crippen LogP contribution < -0.4 is 4.74 Å². The molecule has 0 fully saturated rings. The average molecular weight is 245 g/mol. The topological polar surface area (TPSA) is 44.2 Å². The molecule has 1 heterocycles. The van der Waals surface area contributed by atoms with E-state index in [1.807, 2.05) is 13.8 Å². The second kappa shape index (κ2) is 6.66. The summed E-state index contributed by atoms with van der Waals surface area (Å²) in [7, 11) is 0. The first kappa shape index (κ1) is 13.2. The molecule has 0 N–H and O–H groups in total. The lowest BCUT2D eigenvalue weighted by Crippen LogP contribution is -2.12. The maximum Gasteiger partial charge on any atom is 0.218 e. The second-order valence-electron chi connectivity index (χ2n) is 3.42. The summed E-state index contributed by atoms with van der Waals surface area (Å²) in [5.41, 5.74) is 0. The van der Waals surface area contributed by atoms with Crippen molar-refractivity contribution in [3.05, 3.63) is 17.0 Å². The summed E-state index contributed by atoms with van der Waals surface area (Å²) in [4.78, 5) is 8.27. The van der Waals surface area contributed by atoms with Crippen molar-refractivity contribution in [2.24, 2.45) is 0 Å². The fourth-order valence-electron chi connectivity index (χ4n) is 1.05. The number of halogens is 1. The molecule has 1 unspecified atom stereocenters. The molecule has 90 valence electrons. The molecular formula is C11H17ClN2O2. The van der Waals surface area contributed by atoms with Crippen LogP contribution in [-0.4, -0.2) is 22.7 Å². The molecule has 4 nitrogen and oxygen atoms in total. The summed E-state index contributed by atoms with van der Waals surface area (Å²) in [5, 5.41) is 0.378. The van der Waals surface area contributed by atoms with E-state index in [9.17, 15) is 0 Å². The Kier molecular flexibility index (Phi) is 5.49. The van der Waals surface area contributed by atoms with Crippen molar-refractivity contribution in [3.63, 3.8) is 0 Å². The van der Waals surface area contributed by atoms with E-state index in [0.717, 1.165) is 6.42 Å². The van der Waals surface area contributed by atoms with Crippen LogP contribution >= 0.6 is 11.6 Å². The van der Waals surface area contributed by atoms with Crippen molar-refractivity contribution in [1.82, 2.24) is 9.97 Å². The largest absolute Gasteiger partial charge is 0.475 e. The molecule has 0 saturated carbocycles. The van der Waals surface area contributed by atoms with Crippen LogP contribution in [-0.2, 0) is 11.3 Å². The maximum absolute atomic E-state index is 5.87. The fourth-order valence-corrected chi connectivity index (χ4v) is 1.24. The minimum Gasteiger partial charge on any atom is -0.475 e. The van der Waals surface area contributed by atoms with Gasteiger partial charge in [0.05, 0.1) is 6.10 Å². The molecule has 5 heteroatoms. The van der Waals surface area contributed by atoms with Crippen molar-refractivity contribution in [3.8, 4) is 5.88 Å². The smallest absolute Gasteiger partial charge is 0.218 e. The van der Waals surface area contributed by atoms with Gasteiger partial charge in [0.1, 0.15) is 11.8 Å². The highest BCUT2D eigenvalue weighted by atomic mass is 35.5. The van der Waals surface area contributed by atoms with E-state index in [1.54, 1.807) is 6.07 Å². The van der Waals surface area contributed by atoms with Crippen molar-refractivity contribution >= 4 is 11.6 Å². The van der Waals surface area contributed by atoms with Crippen molar-refractivity contribution < 1.29 is 9.47 Å². The van der Waals surface area contributed by atoms with Gasteiger partial charge in [0.15, 0.2) is 5.82 Å². The van der Waals surface area contributed by atoms with Crippen molar-refractivity contribution in [2.75, 3.05) is 6.61 Å². The van der Waals surface area contributed by atoms with Gasteiger partial charge in [-0.1, -0.05) is 18.5 Å². The van der Waals surface area contributed by atoms with Crippen LogP contribution in [0.4, 0.5) is 0 Å². The fraction of sp³-hybridized carbons (Fsp3) is 0.636. The Labute approximate surface area is 101 Å². The van der Waals surface area contributed by atoms with E-state index in [-0.39, 0.29) is 6.10 Å². The Bertz CT molecular complexity index is 334. The zero-order chi connectivity index (χ0) is 12.0. The van der Waals surface area contributed by atoms with E-state index >= 15 is 0 Å². The average Bonchev–Trinajstić information content (AvgIpc) is 2.25. The predicted molar refractivity (Wildman–Crippen MR) is 62.8 cm³/mol. The Hall–Kier alpha value is -0.870. The molecule has 0 saturated heterocycles. The Morgan fingerprint density at radius 3 is 2.75 bits per heavy atom. The standard InChI is InChI=1S/C11H17ClN2O2/c1-4-8(3)16-11-6-9(12)13-10(14-11)7-15-5-2/h6,8H,4-5,7H2,1-3H3. The van der Waals surface area contributed by atoms with Gasteiger partial charge in [0.25, 0.3) is 0 Å². The molecule has 16 heavy (non-hydrogen) atoms. The SMILES string of the molecule is CCOCc1nc(Cl)cc(OC(C)CC)n1. The molecule has 0 aliphatic rings. The molecule has 0 bridgehead atoms. The zero-order valence-electron chi connectivity index (χ0n) is 9.86. The van der Waals surface area contributed by atoms with Crippen molar-refractivity contribution in [2.45, 2.75) is 39.9 Å². The highest BCUT2D eigenvalue weighted by Crippen LogP contribution is 2.16. The molecule has 0 aromatic carbocycles. The molecule has 0 amide bonds. The summed E-state index contributed by atoms with van der Waals surface area (Å²) in [5.74, 6) is 1.05. The minimum atomic E-state index is 0.117. The van der Waals surface area contributed by atoms with Crippen LogP contribution in [0.15, 0.2) is 6.07 Å². The lowest BCUT2D eigenvalue weighted by atomic mass is 10.3. The summed E-state index contributed by atoms with van der Waals surface area (Å²) in [6.45, 7) is 6.93. The van der Waals surface area contributed by atoms with Gasteiger partial charge in [-0.2, -0.15) is 4.98 Å². The molecule has 0 aliphatic heterocycles. The van der Waals surface area contributed by atoms with Crippen LogP contribution in [0.5, 0.6) is 5.88 Å². The number of aromatic nitrogens is 2. The predicted octanol–water partition coefficient (Wildman–Crippen LogP) is 2.84. The summed E-state index contributed by atoms with van der Waals surface area (Å²) < 4.78 is 10.8. The normalized spacial score (nSPS) is 12.5. The van der Waals surface area contributed by atoms with Crippen LogP contribution in [0, 0.1) is 0 Å². The lowest BCUT2D eigenvalue weighted by molar-refractivity contribution is 0.126. The molecule has 0 aliphatic carbocycles. The molecule has 1 rings (SSSR count). The molecule has 1 aromatic heterocycles. The minimum absolute atomic E-state index is 0.117. The first-order chi connectivity index (χ1) is 7.65. The Morgan fingerprint density at radius 1 is 1.38 bits per heavy atom.